The topological polar surface area (TPSA) is 61.9 Å². The van der Waals surface area contributed by atoms with Crippen LogP contribution in [0.3, 0.4) is 0 Å². The number of carbonyl (C=O) groups excluding carboxylic acids is 2. The summed E-state index contributed by atoms with van der Waals surface area (Å²) in [7, 11) is 0. The third-order valence-corrected chi connectivity index (χ3v) is 7.56. The Balaban J connectivity index is 1.50. The van der Waals surface area contributed by atoms with E-state index in [0.29, 0.717) is 23.9 Å². The van der Waals surface area contributed by atoms with Gasteiger partial charge in [0.25, 0.3) is 0 Å². The Morgan fingerprint density at radius 1 is 1.20 bits per heavy atom. The fraction of sp³-hybridized carbons (Fsp3) is 0.333. The number of thiophene rings is 1. The smallest absolute Gasteiger partial charge is 0.322 e. The lowest BCUT2D eigenvalue weighted by Crippen LogP contribution is -2.50. The Morgan fingerprint density at radius 3 is 2.74 bits per heavy atom. The first kappa shape index (κ1) is 25.1. The predicted octanol–water partition coefficient (Wildman–Crippen LogP) is 6.24. The molecule has 8 heteroatoms. The number of fused-ring (bicyclic) bond motifs is 1. The van der Waals surface area contributed by atoms with Gasteiger partial charge in [-0.15, -0.1) is 11.3 Å². The van der Waals surface area contributed by atoms with Crippen LogP contribution in [0, 0.1) is 0 Å². The van der Waals surface area contributed by atoms with Gasteiger partial charge in [-0.1, -0.05) is 42.8 Å². The van der Waals surface area contributed by atoms with E-state index in [1.165, 1.54) is 4.88 Å². The van der Waals surface area contributed by atoms with E-state index in [1.54, 1.807) is 40.5 Å². The second kappa shape index (κ2) is 11.6. The van der Waals surface area contributed by atoms with Crippen LogP contribution in [-0.4, -0.2) is 47.5 Å². The van der Waals surface area contributed by atoms with Gasteiger partial charge in [0.2, 0.25) is 5.91 Å². The van der Waals surface area contributed by atoms with Crippen molar-refractivity contribution in [3.05, 3.63) is 81.5 Å². The Kier molecular flexibility index (Phi) is 8.31. The second-order valence-corrected chi connectivity index (χ2v) is 10.0. The van der Waals surface area contributed by atoms with Gasteiger partial charge in [0, 0.05) is 28.2 Å². The summed E-state index contributed by atoms with van der Waals surface area (Å²) in [4.78, 5) is 31.5. The van der Waals surface area contributed by atoms with Gasteiger partial charge in [0.05, 0.1) is 6.04 Å². The number of carbonyl (C=O) groups is 2. The zero-order valence-electron chi connectivity index (χ0n) is 19.9. The van der Waals surface area contributed by atoms with Crippen molar-refractivity contribution in [2.24, 2.45) is 0 Å². The number of halogens is 1. The maximum absolute atomic E-state index is 13.6. The number of benzene rings is 2. The van der Waals surface area contributed by atoms with Gasteiger partial charge in [0.15, 0.2) is 0 Å². The molecule has 3 amide bonds. The highest BCUT2D eigenvalue weighted by molar-refractivity contribution is 7.10. The van der Waals surface area contributed by atoms with Crippen molar-refractivity contribution in [3.8, 4) is 5.75 Å². The summed E-state index contributed by atoms with van der Waals surface area (Å²) in [6, 6.07) is 18.1. The highest BCUT2D eigenvalue weighted by Gasteiger charge is 2.34. The molecule has 3 aromatic rings. The number of ether oxygens (including phenoxy) is 1. The van der Waals surface area contributed by atoms with Crippen LogP contribution in [0.15, 0.2) is 66.0 Å². The van der Waals surface area contributed by atoms with E-state index < -0.39 is 0 Å². The molecule has 2 atom stereocenters. The minimum absolute atomic E-state index is 0.0112. The van der Waals surface area contributed by atoms with E-state index in [4.69, 9.17) is 16.3 Å². The number of hydrogen-bond acceptors (Lipinski definition) is 4. The number of nitrogens with one attached hydrogen (secondary N) is 1. The van der Waals surface area contributed by atoms with E-state index in [-0.39, 0.29) is 30.6 Å². The summed E-state index contributed by atoms with van der Waals surface area (Å²) in [6.45, 7) is 4.90. The molecule has 1 N–H and O–H groups in total. The maximum atomic E-state index is 13.6. The van der Waals surface area contributed by atoms with Gasteiger partial charge in [-0.05, 0) is 67.1 Å². The number of nitrogens with zero attached hydrogens (tertiary/aromatic N) is 2. The van der Waals surface area contributed by atoms with Crippen molar-refractivity contribution >= 4 is 40.6 Å². The minimum Gasteiger partial charge on any atom is -0.491 e. The van der Waals surface area contributed by atoms with E-state index >= 15 is 0 Å². The van der Waals surface area contributed by atoms with Crippen molar-refractivity contribution in [1.29, 1.82) is 0 Å². The van der Waals surface area contributed by atoms with Crippen LogP contribution < -0.4 is 10.1 Å². The summed E-state index contributed by atoms with van der Waals surface area (Å²) >= 11 is 7.78. The number of hydrogen-bond donors (Lipinski definition) is 1. The normalized spacial score (nSPS) is 15.7. The molecule has 1 aromatic heterocycles. The Morgan fingerprint density at radius 2 is 2.00 bits per heavy atom. The first-order valence-corrected chi connectivity index (χ1v) is 13.1. The average molecular weight is 512 g/mol. The maximum Gasteiger partial charge on any atom is 0.322 e. The number of rotatable bonds is 8. The van der Waals surface area contributed by atoms with E-state index in [0.717, 1.165) is 24.2 Å². The molecular formula is C27H30ClN3O3S. The Labute approximate surface area is 215 Å². The summed E-state index contributed by atoms with van der Waals surface area (Å²) in [6.07, 6.45) is 1.53. The molecule has 0 aliphatic carbocycles. The van der Waals surface area contributed by atoms with Crippen molar-refractivity contribution < 1.29 is 14.3 Å². The molecular weight excluding hydrogens is 482 g/mol. The van der Waals surface area contributed by atoms with Crippen LogP contribution in [0.4, 0.5) is 10.5 Å². The molecule has 0 radical (unpaired) electrons. The van der Waals surface area contributed by atoms with Crippen molar-refractivity contribution in [3.63, 3.8) is 0 Å². The molecule has 4 rings (SSSR count). The molecule has 6 nitrogen and oxygen atoms in total. The van der Waals surface area contributed by atoms with Gasteiger partial charge in [-0.2, -0.15) is 0 Å². The minimum atomic E-state index is -0.319. The molecule has 35 heavy (non-hydrogen) atoms. The van der Waals surface area contributed by atoms with Gasteiger partial charge < -0.3 is 19.9 Å². The van der Waals surface area contributed by atoms with Crippen molar-refractivity contribution in [1.82, 2.24) is 9.80 Å². The SMILES string of the molecule is CCC(C)N(CC(=O)N1CCc2sccc2C1COc1ccccc1)C(=O)Nc1cccc(Cl)c1. The number of urea groups is 1. The molecule has 0 bridgehead atoms. The highest BCUT2D eigenvalue weighted by Crippen LogP contribution is 2.34. The van der Waals surface area contributed by atoms with Crippen LogP contribution in [0.1, 0.15) is 36.8 Å². The average Bonchev–Trinajstić information content (AvgIpc) is 3.35. The van der Waals surface area contributed by atoms with Gasteiger partial charge >= 0.3 is 6.03 Å². The summed E-state index contributed by atoms with van der Waals surface area (Å²) in [5.41, 5.74) is 1.72. The Hall–Kier alpha value is -3.03. The summed E-state index contributed by atoms with van der Waals surface area (Å²) in [5, 5.41) is 5.49. The van der Waals surface area contributed by atoms with Gasteiger partial charge in [0.1, 0.15) is 18.9 Å². The highest BCUT2D eigenvalue weighted by atomic mass is 35.5. The van der Waals surface area contributed by atoms with E-state index in [1.807, 2.05) is 49.1 Å². The van der Waals surface area contributed by atoms with Crippen molar-refractivity contribution in [2.45, 2.75) is 38.8 Å². The number of anilines is 1. The molecule has 184 valence electrons. The zero-order valence-corrected chi connectivity index (χ0v) is 21.5. The molecule has 2 heterocycles. The quantitative estimate of drug-likeness (QED) is 0.389. The number of amides is 3. The first-order valence-electron chi connectivity index (χ1n) is 11.8. The third-order valence-electron chi connectivity index (χ3n) is 6.33. The molecule has 2 aromatic carbocycles. The van der Waals surface area contributed by atoms with Gasteiger partial charge in [-0.3, -0.25) is 4.79 Å². The largest absolute Gasteiger partial charge is 0.491 e. The monoisotopic (exact) mass is 511 g/mol. The predicted molar refractivity (Wildman–Crippen MR) is 141 cm³/mol. The van der Waals surface area contributed by atoms with Crippen LogP contribution in [0.25, 0.3) is 0 Å². The zero-order chi connectivity index (χ0) is 24.8. The van der Waals surface area contributed by atoms with Crippen LogP contribution in [-0.2, 0) is 11.2 Å². The first-order chi connectivity index (χ1) is 17.0. The standard InChI is InChI=1S/C27H30ClN3O3S/c1-3-19(2)31(27(33)29-21-9-7-8-20(28)16-21)17-26(32)30-14-12-25-23(13-15-35-25)24(30)18-34-22-10-5-4-6-11-22/h4-11,13,15-16,19,24H,3,12,14,17-18H2,1-2H3,(H,29,33). The molecule has 0 saturated carbocycles. The molecule has 1 aliphatic heterocycles. The lowest BCUT2D eigenvalue weighted by atomic mass is 10.00. The van der Waals surface area contributed by atoms with Crippen LogP contribution >= 0.6 is 22.9 Å². The fourth-order valence-corrected chi connectivity index (χ4v) is 5.33. The van der Waals surface area contributed by atoms with E-state index in [9.17, 15) is 9.59 Å². The molecule has 1 aliphatic rings. The van der Waals surface area contributed by atoms with E-state index in [2.05, 4.69) is 16.8 Å². The van der Waals surface area contributed by atoms with Crippen molar-refractivity contribution in [2.75, 3.05) is 25.0 Å². The molecule has 0 saturated heterocycles. The molecule has 0 spiro atoms. The second-order valence-electron chi connectivity index (χ2n) is 8.60. The Bertz CT molecular complexity index is 1150. The molecule has 0 fully saturated rings. The third kappa shape index (κ3) is 6.16. The van der Waals surface area contributed by atoms with Crippen LogP contribution in [0.5, 0.6) is 5.75 Å². The van der Waals surface area contributed by atoms with Crippen LogP contribution in [0.2, 0.25) is 5.02 Å². The number of para-hydroxylation sites is 1. The fourth-order valence-electron chi connectivity index (χ4n) is 4.21. The van der Waals surface area contributed by atoms with Gasteiger partial charge in [-0.25, -0.2) is 4.79 Å². The lowest BCUT2D eigenvalue weighted by molar-refractivity contribution is -0.135. The summed E-state index contributed by atoms with van der Waals surface area (Å²) < 4.78 is 6.07. The lowest BCUT2D eigenvalue weighted by Gasteiger charge is -2.38. The molecule has 2 unspecified atom stereocenters. The summed E-state index contributed by atoms with van der Waals surface area (Å²) in [5.74, 6) is 0.675.